The molecule has 0 aromatic carbocycles. The second kappa shape index (κ2) is 8.59. The maximum absolute atomic E-state index is 3.28. The Hall–Kier alpha value is 0.999. The van der Waals surface area contributed by atoms with E-state index in [0.717, 1.165) is 4.83 Å². The van der Waals surface area contributed by atoms with Crippen LogP contribution in [0.3, 0.4) is 0 Å². The van der Waals surface area contributed by atoms with Gasteiger partial charge in [0.15, 0.2) is 0 Å². The van der Waals surface area contributed by atoms with E-state index >= 15 is 0 Å². The van der Waals surface area contributed by atoms with Crippen LogP contribution in [0.25, 0.3) is 0 Å². The van der Waals surface area contributed by atoms with Crippen LogP contribution >= 0.6 is 15.9 Å². The van der Waals surface area contributed by atoms with Gasteiger partial charge in [-0.2, -0.15) is 0 Å². The molecule has 0 N–H and O–H groups in total. The molecule has 0 spiro atoms. The number of hydrogen-bond acceptors (Lipinski definition) is 0. The summed E-state index contributed by atoms with van der Waals surface area (Å²) in [7, 11) is 0. The zero-order chi connectivity index (χ0) is 7.94. The molecule has 2 aliphatic rings. The molecule has 10 radical (unpaired) electrons. The van der Waals surface area contributed by atoms with Crippen molar-refractivity contribution in [2.75, 3.05) is 0 Å². The van der Waals surface area contributed by atoms with E-state index in [-0.39, 0.29) is 17.1 Å². The van der Waals surface area contributed by atoms with Gasteiger partial charge in [0, 0.05) is 4.83 Å². The van der Waals surface area contributed by atoms with Crippen LogP contribution < -0.4 is 0 Å². The van der Waals surface area contributed by atoms with E-state index in [4.69, 9.17) is 0 Å². The average Bonchev–Trinajstić information content (AvgIpc) is 2.57. The molecular formula is C10H9BrFe+2. The predicted octanol–water partition coefficient (Wildman–Crippen LogP) is 2.76. The first-order valence-electron chi connectivity index (χ1n) is 3.43. The fourth-order valence-electron chi connectivity index (χ4n) is 0.671. The van der Waals surface area contributed by atoms with E-state index in [1.54, 1.807) is 0 Å². The Morgan fingerprint density at radius 3 is 1.17 bits per heavy atom. The van der Waals surface area contributed by atoms with Gasteiger partial charge in [-0.15, -0.1) is 0 Å². The van der Waals surface area contributed by atoms with Gasteiger partial charge >= 0.3 is 17.1 Å². The van der Waals surface area contributed by atoms with Gasteiger partial charge in [0.25, 0.3) is 0 Å². The summed E-state index contributed by atoms with van der Waals surface area (Å²) in [5.74, 6) is 0. The second-order valence-electron chi connectivity index (χ2n) is 2.07. The van der Waals surface area contributed by atoms with Crippen molar-refractivity contribution in [3.05, 3.63) is 62.6 Å². The zero-order valence-electron chi connectivity index (χ0n) is 6.43. The number of rotatable bonds is 0. The molecule has 0 aromatic heterocycles. The summed E-state index contributed by atoms with van der Waals surface area (Å²) in [6.07, 6.45) is 18.0. The smallest absolute Gasteiger partial charge is 0.0831 e. The molecule has 2 heteroatoms. The van der Waals surface area contributed by atoms with Crippen molar-refractivity contribution >= 4 is 15.9 Å². The molecular weight excluding hydrogens is 256 g/mol. The van der Waals surface area contributed by atoms with Crippen molar-refractivity contribution in [2.45, 2.75) is 0 Å². The van der Waals surface area contributed by atoms with Crippen LogP contribution in [0, 0.1) is 62.6 Å². The maximum atomic E-state index is 3.28. The molecule has 62 valence electrons. The molecule has 0 aromatic rings. The van der Waals surface area contributed by atoms with Crippen molar-refractivity contribution in [3.8, 4) is 0 Å². The molecule has 0 saturated heterocycles. The van der Waals surface area contributed by atoms with Gasteiger partial charge in [0.2, 0.25) is 0 Å². The predicted molar refractivity (Wildman–Crippen MR) is 50.9 cm³/mol. The Labute approximate surface area is 95.5 Å². The quantitative estimate of drug-likeness (QED) is 0.591. The normalized spacial score (nSPS) is 22.8. The van der Waals surface area contributed by atoms with E-state index in [1.807, 2.05) is 57.8 Å². The first-order chi connectivity index (χ1) is 5.39. The molecule has 0 nitrogen and oxygen atoms in total. The standard InChI is InChI=1S/C5H4Br.C5H5.Fe/c6-5-3-1-2-4-5;1-2-4-5-3-1;/h1-4H;1-5H;/q;;+2. The summed E-state index contributed by atoms with van der Waals surface area (Å²) in [5, 5.41) is 0. The average molecular weight is 265 g/mol. The van der Waals surface area contributed by atoms with Crippen LogP contribution in [0.15, 0.2) is 0 Å². The van der Waals surface area contributed by atoms with Crippen LogP contribution in [0.5, 0.6) is 0 Å². The van der Waals surface area contributed by atoms with Crippen LogP contribution in [0.1, 0.15) is 0 Å². The Balaban J connectivity index is 0.000000189. The largest absolute Gasteiger partial charge is 2.00 e. The molecule has 2 rings (SSSR count). The Kier molecular flexibility index (Phi) is 9.31. The first-order valence-corrected chi connectivity index (χ1v) is 4.23. The van der Waals surface area contributed by atoms with E-state index < -0.39 is 0 Å². The topological polar surface area (TPSA) is 0 Å². The summed E-state index contributed by atoms with van der Waals surface area (Å²) in [6.45, 7) is 0. The van der Waals surface area contributed by atoms with E-state index in [1.165, 1.54) is 0 Å². The third kappa shape index (κ3) is 6.51. The minimum atomic E-state index is 0. The van der Waals surface area contributed by atoms with E-state index in [9.17, 15) is 0 Å². The summed E-state index contributed by atoms with van der Waals surface area (Å²) < 4.78 is 0. The van der Waals surface area contributed by atoms with Gasteiger partial charge in [-0.1, -0.05) is 15.9 Å². The van der Waals surface area contributed by atoms with Crippen LogP contribution in [-0.4, -0.2) is 0 Å². The van der Waals surface area contributed by atoms with Gasteiger partial charge in [-0.3, -0.25) is 0 Å². The Morgan fingerprint density at radius 1 is 0.667 bits per heavy atom. The van der Waals surface area contributed by atoms with Crippen LogP contribution in [0.2, 0.25) is 0 Å². The maximum Gasteiger partial charge on any atom is 2.00 e. The summed E-state index contributed by atoms with van der Waals surface area (Å²) in [5.41, 5.74) is 0. The third-order valence-corrected chi connectivity index (χ3v) is 1.71. The Bertz CT molecular complexity index is 78.2. The number of hydrogen-bond donors (Lipinski definition) is 0. The molecule has 0 atom stereocenters. The first kappa shape index (κ1) is 13.0. The van der Waals surface area contributed by atoms with Gasteiger partial charge in [-0.25, -0.2) is 0 Å². The van der Waals surface area contributed by atoms with Gasteiger partial charge in [0.1, 0.15) is 0 Å². The van der Waals surface area contributed by atoms with Crippen molar-refractivity contribution in [1.29, 1.82) is 0 Å². The summed E-state index contributed by atoms with van der Waals surface area (Å²) in [4.78, 5) is 1.16. The fourth-order valence-corrected chi connectivity index (χ4v) is 0.976. The Morgan fingerprint density at radius 2 is 1.00 bits per heavy atom. The molecule has 2 saturated carbocycles. The molecule has 0 amide bonds. The van der Waals surface area contributed by atoms with Crippen LogP contribution in [0.4, 0.5) is 0 Å². The van der Waals surface area contributed by atoms with Gasteiger partial charge in [0.05, 0.1) is 0 Å². The molecule has 0 aliphatic heterocycles. The summed E-state index contributed by atoms with van der Waals surface area (Å²) >= 11 is 3.28. The van der Waals surface area contributed by atoms with Crippen molar-refractivity contribution in [2.24, 2.45) is 0 Å². The monoisotopic (exact) mass is 264 g/mol. The second-order valence-corrected chi connectivity index (χ2v) is 2.98. The molecule has 2 fully saturated rings. The van der Waals surface area contributed by atoms with Crippen molar-refractivity contribution in [3.63, 3.8) is 0 Å². The van der Waals surface area contributed by atoms with Crippen LogP contribution in [-0.2, 0) is 17.1 Å². The van der Waals surface area contributed by atoms with Crippen molar-refractivity contribution in [1.82, 2.24) is 0 Å². The minimum absolute atomic E-state index is 0. The SMILES string of the molecule is Br[C]1[CH][CH][CH][CH]1.[CH]1[CH][CH][CH][CH]1.[Fe+2]. The molecule has 0 bridgehead atoms. The van der Waals surface area contributed by atoms with E-state index in [0.29, 0.717) is 0 Å². The summed E-state index contributed by atoms with van der Waals surface area (Å²) in [6, 6.07) is 0. The van der Waals surface area contributed by atoms with Gasteiger partial charge in [-0.05, 0) is 57.8 Å². The molecule has 2 aliphatic carbocycles. The minimum Gasteiger partial charge on any atom is -0.0831 e. The molecule has 12 heavy (non-hydrogen) atoms. The molecule has 0 heterocycles. The van der Waals surface area contributed by atoms with Gasteiger partial charge < -0.3 is 0 Å². The van der Waals surface area contributed by atoms with E-state index in [2.05, 4.69) is 15.9 Å². The van der Waals surface area contributed by atoms with Crippen molar-refractivity contribution < 1.29 is 17.1 Å². The number of halogens is 1. The third-order valence-electron chi connectivity index (χ3n) is 1.18. The fraction of sp³-hybridized carbons (Fsp3) is 0. The zero-order valence-corrected chi connectivity index (χ0v) is 9.12. The molecule has 0 unspecified atom stereocenters.